The minimum absolute atomic E-state index is 0.410. The first kappa shape index (κ1) is 13.5. The van der Waals surface area contributed by atoms with Crippen LogP contribution in [0.3, 0.4) is 0 Å². The Morgan fingerprint density at radius 3 is 2.78 bits per heavy atom. The average molecular weight is 248 g/mol. The molecule has 1 fully saturated rings. The lowest BCUT2D eigenvalue weighted by Crippen LogP contribution is -2.41. The van der Waals surface area contributed by atoms with Gasteiger partial charge in [0.15, 0.2) is 0 Å². The highest BCUT2D eigenvalue weighted by atomic mass is 16.5. The molecule has 1 saturated heterocycles. The van der Waals surface area contributed by atoms with Crippen LogP contribution in [-0.4, -0.2) is 35.1 Å². The van der Waals surface area contributed by atoms with E-state index < -0.39 is 0 Å². The molecule has 0 aliphatic carbocycles. The van der Waals surface area contributed by atoms with Crippen molar-refractivity contribution in [2.75, 3.05) is 13.1 Å². The van der Waals surface area contributed by atoms with Gasteiger partial charge in [-0.3, -0.25) is 4.98 Å². The lowest BCUT2D eigenvalue weighted by Gasteiger charge is -2.35. The highest BCUT2D eigenvalue weighted by Crippen LogP contribution is 2.18. The molecule has 0 radical (unpaired) electrons. The number of pyridine rings is 1. The highest BCUT2D eigenvalue weighted by Gasteiger charge is 2.22. The Balaban J connectivity index is 1.71. The third-order valence-corrected chi connectivity index (χ3v) is 3.88. The Bertz CT molecular complexity index is 334. The zero-order valence-electron chi connectivity index (χ0n) is 11.5. The molecule has 1 unspecified atom stereocenters. The van der Waals surface area contributed by atoms with Gasteiger partial charge in [-0.25, -0.2) is 0 Å². The summed E-state index contributed by atoms with van der Waals surface area (Å²) in [5.74, 6) is 0. The number of rotatable bonds is 5. The normalized spacial score (nSPS) is 19.9. The molecule has 0 bridgehead atoms. The van der Waals surface area contributed by atoms with Gasteiger partial charge in [-0.15, -0.1) is 0 Å². The monoisotopic (exact) mass is 248 g/mol. The number of likely N-dealkylation sites (tertiary alicyclic amines) is 1. The molecule has 3 heteroatoms. The van der Waals surface area contributed by atoms with E-state index >= 15 is 0 Å². The largest absolute Gasteiger partial charge is 0.372 e. The molecule has 1 aromatic heterocycles. The van der Waals surface area contributed by atoms with Gasteiger partial charge in [-0.1, -0.05) is 13.0 Å². The van der Waals surface area contributed by atoms with Crippen LogP contribution in [0.5, 0.6) is 0 Å². The van der Waals surface area contributed by atoms with E-state index in [0.717, 1.165) is 18.5 Å². The molecular weight excluding hydrogens is 224 g/mol. The zero-order chi connectivity index (χ0) is 12.8. The quantitative estimate of drug-likeness (QED) is 0.801. The summed E-state index contributed by atoms with van der Waals surface area (Å²) in [4.78, 5) is 6.85. The van der Waals surface area contributed by atoms with Crippen molar-refractivity contribution >= 4 is 0 Å². The third kappa shape index (κ3) is 3.79. The lowest BCUT2D eigenvalue weighted by molar-refractivity contribution is -0.0109. The Morgan fingerprint density at radius 1 is 1.39 bits per heavy atom. The number of ether oxygens (including phenoxy) is 1. The van der Waals surface area contributed by atoms with Crippen LogP contribution in [0.15, 0.2) is 24.4 Å². The Hall–Kier alpha value is -0.930. The maximum atomic E-state index is 5.94. The summed E-state index contributed by atoms with van der Waals surface area (Å²) in [6, 6.07) is 6.68. The van der Waals surface area contributed by atoms with Crippen molar-refractivity contribution in [1.29, 1.82) is 0 Å². The average Bonchev–Trinajstić information content (AvgIpc) is 2.46. The van der Waals surface area contributed by atoms with Gasteiger partial charge in [0.25, 0.3) is 0 Å². The van der Waals surface area contributed by atoms with Crippen LogP contribution in [0.25, 0.3) is 0 Å². The number of aromatic nitrogens is 1. The molecule has 3 nitrogen and oxygen atoms in total. The second kappa shape index (κ2) is 6.86. The summed E-state index contributed by atoms with van der Waals surface area (Å²) in [7, 11) is 0. The fraction of sp³-hybridized carbons (Fsp3) is 0.667. The molecular formula is C15H24N2O. The van der Waals surface area contributed by atoms with Gasteiger partial charge >= 0.3 is 0 Å². The minimum Gasteiger partial charge on any atom is -0.372 e. The summed E-state index contributed by atoms with van der Waals surface area (Å²) in [6.07, 6.45) is 5.77. The molecule has 2 heterocycles. The van der Waals surface area contributed by atoms with Crippen molar-refractivity contribution in [2.45, 2.75) is 51.9 Å². The standard InChI is InChI=1S/C15H24N2O/c1-3-13(2)17-10-7-15(8-11-17)18-12-14-6-4-5-9-16-14/h4-6,9,13,15H,3,7-8,10-12H2,1-2H3. The fourth-order valence-corrected chi connectivity index (χ4v) is 2.43. The van der Waals surface area contributed by atoms with Crippen molar-refractivity contribution in [3.05, 3.63) is 30.1 Å². The van der Waals surface area contributed by atoms with Crippen molar-refractivity contribution < 1.29 is 4.74 Å². The summed E-state index contributed by atoms with van der Waals surface area (Å²) in [5, 5.41) is 0. The van der Waals surface area contributed by atoms with Crippen molar-refractivity contribution in [3.63, 3.8) is 0 Å². The molecule has 0 saturated carbocycles. The summed E-state index contributed by atoms with van der Waals surface area (Å²) in [6.45, 7) is 7.56. The molecule has 1 aromatic rings. The molecule has 0 N–H and O–H groups in total. The summed E-state index contributed by atoms with van der Waals surface area (Å²) < 4.78 is 5.94. The van der Waals surface area contributed by atoms with E-state index in [1.165, 1.54) is 19.5 Å². The number of piperidine rings is 1. The van der Waals surface area contributed by atoms with Crippen LogP contribution in [0.1, 0.15) is 38.8 Å². The summed E-state index contributed by atoms with van der Waals surface area (Å²) in [5.41, 5.74) is 1.03. The van der Waals surface area contributed by atoms with Crippen molar-refractivity contribution in [1.82, 2.24) is 9.88 Å². The van der Waals surface area contributed by atoms with Gasteiger partial charge in [0.1, 0.15) is 0 Å². The van der Waals surface area contributed by atoms with E-state index in [-0.39, 0.29) is 0 Å². The molecule has 0 amide bonds. The highest BCUT2D eigenvalue weighted by molar-refractivity contribution is 5.01. The van der Waals surface area contributed by atoms with E-state index in [1.807, 2.05) is 24.4 Å². The van der Waals surface area contributed by atoms with E-state index in [4.69, 9.17) is 4.74 Å². The van der Waals surface area contributed by atoms with Gasteiger partial charge in [-0.2, -0.15) is 0 Å². The smallest absolute Gasteiger partial charge is 0.0891 e. The first-order chi connectivity index (χ1) is 8.79. The van der Waals surface area contributed by atoms with Crippen LogP contribution < -0.4 is 0 Å². The van der Waals surface area contributed by atoms with Crippen LogP contribution in [-0.2, 0) is 11.3 Å². The SMILES string of the molecule is CCC(C)N1CCC(OCc2ccccn2)CC1. The third-order valence-electron chi connectivity index (χ3n) is 3.88. The molecule has 2 rings (SSSR count). The minimum atomic E-state index is 0.410. The number of hydrogen-bond donors (Lipinski definition) is 0. The van der Waals surface area contributed by atoms with E-state index in [0.29, 0.717) is 18.8 Å². The number of hydrogen-bond acceptors (Lipinski definition) is 3. The first-order valence-electron chi connectivity index (χ1n) is 7.05. The fourth-order valence-electron chi connectivity index (χ4n) is 2.43. The lowest BCUT2D eigenvalue weighted by atomic mass is 10.1. The van der Waals surface area contributed by atoms with Crippen LogP contribution in [0, 0.1) is 0 Å². The van der Waals surface area contributed by atoms with Crippen molar-refractivity contribution in [2.24, 2.45) is 0 Å². The Labute approximate surface area is 110 Å². The predicted molar refractivity (Wildman–Crippen MR) is 73.4 cm³/mol. The van der Waals surface area contributed by atoms with E-state index in [2.05, 4.69) is 23.7 Å². The first-order valence-corrected chi connectivity index (χ1v) is 7.05. The molecule has 1 aliphatic rings. The number of nitrogens with zero attached hydrogens (tertiary/aromatic N) is 2. The molecule has 0 aromatic carbocycles. The second-order valence-corrected chi connectivity index (χ2v) is 5.12. The van der Waals surface area contributed by atoms with Crippen molar-refractivity contribution in [3.8, 4) is 0 Å². The van der Waals surface area contributed by atoms with Gasteiger partial charge in [0.2, 0.25) is 0 Å². The Kier molecular flexibility index (Phi) is 5.14. The van der Waals surface area contributed by atoms with Crippen LogP contribution in [0.4, 0.5) is 0 Å². The maximum Gasteiger partial charge on any atom is 0.0891 e. The van der Waals surface area contributed by atoms with Crippen LogP contribution in [0.2, 0.25) is 0 Å². The van der Waals surface area contributed by atoms with E-state index in [9.17, 15) is 0 Å². The maximum absolute atomic E-state index is 5.94. The second-order valence-electron chi connectivity index (χ2n) is 5.12. The van der Waals surface area contributed by atoms with E-state index in [1.54, 1.807) is 0 Å². The van der Waals surface area contributed by atoms with Gasteiger partial charge in [0.05, 0.1) is 18.4 Å². The van der Waals surface area contributed by atoms with Gasteiger partial charge in [0, 0.05) is 25.3 Å². The van der Waals surface area contributed by atoms with Gasteiger partial charge in [-0.05, 0) is 38.3 Å². The molecule has 1 atom stereocenters. The zero-order valence-corrected chi connectivity index (χ0v) is 11.5. The summed E-state index contributed by atoms with van der Waals surface area (Å²) >= 11 is 0. The molecule has 100 valence electrons. The molecule has 0 spiro atoms. The Morgan fingerprint density at radius 2 is 2.17 bits per heavy atom. The molecule has 18 heavy (non-hydrogen) atoms. The molecule has 1 aliphatic heterocycles. The van der Waals surface area contributed by atoms with Crippen LogP contribution >= 0.6 is 0 Å². The van der Waals surface area contributed by atoms with Gasteiger partial charge < -0.3 is 9.64 Å². The predicted octanol–water partition coefficient (Wildman–Crippen LogP) is 2.86. The topological polar surface area (TPSA) is 25.4 Å².